The standard InChI is InChI=1S/C52H52N2O2/c1-5-9-33-53(34-10-6-2)39-27-21-37(22-28-39)25-31-45-47-41-17-13-15-19-43(41)52(56)50(47)46(48-42-18-14-16-20-44(42)51(55)49(45)48)32-26-38-23-29-40(30-24-38)54(35-11-7-3)36-12-8-4/h13-24,27-30H,5-12,33-36H2,1-4H3. The van der Waals surface area contributed by atoms with E-state index < -0.39 is 0 Å². The topological polar surface area (TPSA) is 40.6 Å². The van der Waals surface area contributed by atoms with Crippen molar-refractivity contribution in [1.29, 1.82) is 0 Å². The average Bonchev–Trinajstić information content (AvgIpc) is 3.70. The van der Waals surface area contributed by atoms with Crippen molar-refractivity contribution in [1.82, 2.24) is 0 Å². The molecule has 0 aliphatic carbocycles. The van der Waals surface area contributed by atoms with Crippen molar-refractivity contribution in [2.75, 3.05) is 36.0 Å². The fraction of sp³-hybridized carbons (Fsp3) is 0.308. The minimum absolute atomic E-state index is 0.0796. The minimum Gasteiger partial charge on any atom is -0.372 e. The highest BCUT2D eigenvalue weighted by molar-refractivity contribution is 6.27. The van der Waals surface area contributed by atoms with E-state index in [-0.39, 0.29) is 10.9 Å². The Morgan fingerprint density at radius 1 is 0.393 bits per heavy atom. The third kappa shape index (κ3) is 7.67. The summed E-state index contributed by atoms with van der Waals surface area (Å²) in [6, 6.07) is 32.3. The number of hydrogen-bond acceptors (Lipinski definition) is 4. The molecule has 282 valence electrons. The molecule has 4 heteroatoms. The minimum atomic E-state index is -0.0796. The molecular formula is C52H52N2O2. The molecule has 7 rings (SSSR count). The Labute approximate surface area is 331 Å². The van der Waals surface area contributed by atoms with Gasteiger partial charge in [-0.25, -0.2) is 0 Å². The van der Waals surface area contributed by atoms with Crippen molar-refractivity contribution in [2.45, 2.75) is 79.1 Å². The van der Waals surface area contributed by atoms with E-state index in [0.29, 0.717) is 43.4 Å². The van der Waals surface area contributed by atoms with Crippen LogP contribution in [0.3, 0.4) is 0 Å². The third-order valence-electron chi connectivity index (χ3n) is 11.1. The van der Waals surface area contributed by atoms with Crippen molar-refractivity contribution < 1.29 is 0 Å². The number of fused-ring (bicyclic) bond motifs is 6. The first-order valence-corrected chi connectivity index (χ1v) is 20.7. The van der Waals surface area contributed by atoms with E-state index >= 15 is 0 Å². The van der Waals surface area contributed by atoms with Crippen molar-refractivity contribution in [3.05, 3.63) is 140 Å². The molecule has 0 saturated heterocycles. The van der Waals surface area contributed by atoms with Crippen LogP contribution in [0.1, 0.15) is 101 Å². The first kappa shape index (κ1) is 38.4. The van der Waals surface area contributed by atoms with Crippen LogP contribution in [0.15, 0.2) is 107 Å². The fourth-order valence-corrected chi connectivity index (χ4v) is 7.98. The monoisotopic (exact) mass is 736 g/mol. The molecule has 0 radical (unpaired) electrons. The summed E-state index contributed by atoms with van der Waals surface area (Å²) in [5, 5.41) is 5.32. The molecule has 0 N–H and O–H groups in total. The van der Waals surface area contributed by atoms with Crippen LogP contribution in [0, 0.1) is 23.7 Å². The molecule has 0 aliphatic rings. The van der Waals surface area contributed by atoms with Crippen molar-refractivity contribution in [3.63, 3.8) is 0 Å². The maximum atomic E-state index is 14.5. The molecule has 0 atom stereocenters. The Kier molecular flexibility index (Phi) is 12.2. The highest BCUT2D eigenvalue weighted by Crippen LogP contribution is 2.39. The summed E-state index contributed by atoms with van der Waals surface area (Å²) in [7, 11) is 0. The maximum Gasteiger partial charge on any atom is 0.195 e. The summed E-state index contributed by atoms with van der Waals surface area (Å²) in [6.45, 7) is 13.1. The lowest BCUT2D eigenvalue weighted by Crippen LogP contribution is -2.25. The van der Waals surface area contributed by atoms with Gasteiger partial charge in [-0.1, -0.05) is 126 Å². The molecule has 0 aliphatic heterocycles. The third-order valence-corrected chi connectivity index (χ3v) is 11.1. The molecule has 0 aromatic heterocycles. The van der Waals surface area contributed by atoms with E-state index in [1.165, 1.54) is 11.4 Å². The fourth-order valence-electron chi connectivity index (χ4n) is 7.98. The maximum absolute atomic E-state index is 14.5. The van der Waals surface area contributed by atoms with Crippen LogP contribution in [-0.4, -0.2) is 26.2 Å². The van der Waals surface area contributed by atoms with Crippen LogP contribution in [0.25, 0.3) is 43.1 Å². The van der Waals surface area contributed by atoms with Crippen LogP contribution >= 0.6 is 0 Å². The summed E-state index contributed by atoms with van der Waals surface area (Å²) in [6.07, 6.45) is 9.24. The van der Waals surface area contributed by atoms with E-state index in [1.54, 1.807) is 0 Å². The normalized spacial score (nSPS) is 11.2. The zero-order valence-electron chi connectivity index (χ0n) is 33.4. The van der Waals surface area contributed by atoms with Crippen LogP contribution in [-0.2, 0) is 0 Å². The summed E-state index contributed by atoms with van der Waals surface area (Å²) in [5.41, 5.74) is 5.16. The van der Waals surface area contributed by atoms with Gasteiger partial charge in [0.25, 0.3) is 0 Å². The number of anilines is 2. The van der Waals surface area contributed by atoms with Gasteiger partial charge >= 0.3 is 0 Å². The summed E-state index contributed by atoms with van der Waals surface area (Å²) in [4.78, 5) is 33.9. The Morgan fingerprint density at radius 2 is 0.714 bits per heavy atom. The van der Waals surface area contributed by atoms with Crippen LogP contribution < -0.4 is 20.7 Å². The van der Waals surface area contributed by atoms with E-state index in [4.69, 9.17) is 0 Å². The van der Waals surface area contributed by atoms with Crippen molar-refractivity contribution in [2.24, 2.45) is 0 Å². The van der Waals surface area contributed by atoms with Gasteiger partial charge in [0.15, 0.2) is 10.9 Å². The smallest absolute Gasteiger partial charge is 0.195 e. The van der Waals surface area contributed by atoms with Crippen LogP contribution in [0.2, 0.25) is 0 Å². The first-order valence-electron chi connectivity index (χ1n) is 20.7. The van der Waals surface area contributed by atoms with Crippen LogP contribution in [0.5, 0.6) is 0 Å². The Balaban J connectivity index is 1.40. The molecule has 7 aromatic carbocycles. The van der Waals surface area contributed by atoms with E-state index in [0.717, 1.165) is 99.4 Å². The first-order chi connectivity index (χ1) is 27.5. The van der Waals surface area contributed by atoms with Gasteiger partial charge in [-0.2, -0.15) is 0 Å². The van der Waals surface area contributed by atoms with Crippen LogP contribution in [0.4, 0.5) is 11.4 Å². The highest BCUT2D eigenvalue weighted by Gasteiger charge is 2.25. The number of hydrogen-bond donors (Lipinski definition) is 0. The van der Waals surface area contributed by atoms with E-state index in [2.05, 4.69) is 110 Å². The SMILES string of the molecule is CCCCN(CCCC)c1ccc(C#Cc2c3c(=O)c4ccccc4c3c(C#Cc3ccc(N(CCCC)CCCC)cc3)c3c(=O)c4ccccc4c23)cc1. The lowest BCUT2D eigenvalue weighted by atomic mass is 9.94. The largest absolute Gasteiger partial charge is 0.372 e. The zero-order chi connectivity index (χ0) is 39.0. The predicted octanol–water partition coefficient (Wildman–Crippen LogP) is 11.5. The molecule has 56 heavy (non-hydrogen) atoms. The molecule has 0 bridgehead atoms. The van der Waals surface area contributed by atoms with E-state index in [1.807, 2.05) is 48.5 Å². The number of unbranched alkanes of at least 4 members (excludes halogenated alkanes) is 4. The average molecular weight is 737 g/mol. The quantitative estimate of drug-likeness (QED) is 0.104. The molecular weight excluding hydrogens is 685 g/mol. The molecule has 0 heterocycles. The van der Waals surface area contributed by atoms with Crippen molar-refractivity contribution in [3.8, 4) is 23.7 Å². The Morgan fingerprint density at radius 3 is 1.04 bits per heavy atom. The predicted molar refractivity (Wildman–Crippen MR) is 240 cm³/mol. The summed E-state index contributed by atoms with van der Waals surface area (Å²) >= 11 is 0. The molecule has 0 spiro atoms. The van der Waals surface area contributed by atoms with Gasteiger partial charge in [0.1, 0.15) is 0 Å². The van der Waals surface area contributed by atoms with Gasteiger partial charge in [0.2, 0.25) is 0 Å². The number of benzene rings is 5. The van der Waals surface area contributed by atoms with Gasteiger partial charge in [0, 0.05) is 92.1 Å². The molecule has 0 amide bonds. The number of nitrogens with zero attached hydrogens (tertiary/aromatic N) is 2. The van der Waals surface area contributed by atoms with Gasteiger partial charge in [-0.05, 0) is 85.0 Å². The Hall–Kier alpha value is -5.84. The molecule has 0 saturated carbocycles. The second kappa shape index (κ2) is 17.7. The second-order valence-electron chi connectivity index (χ2n) is 15.0. The van der Waals surface area contributed by atoms with Gasteiger partial charge < -0.3 is 9.80 Å². The summed E-state index contributed by atoms with van der Waals surface area (Å²) < 4.78 is 0. The number of rotatable bonds is 14. The van der Waals surface area contributed by atoms with Gasteiger partial charge in [-0.15, -0.1) is 0 Å². The highest BCUT2D eigenvalue weighted by atomic mass is 16.1. The molecule has 4 nitrogen and oxygen atoms in total. The van der Waals surface area contributed by atoms with E-state index in [9.17, 15) is 9.59 Å². The molecule has 0 unspecified atom stereocenters. The second-order valence-corrected chi connectivity index (χ2v) is 15.0. The van der Waals surface area contributed by atoms with Gasteiger partial charge in [0.05, 0.1) is 0 Å². The lowest BCUT2D eigenvalue weighted by molar-refractivity contribution is 0.678. The zero-order valence-corrected chi connectivity index (χ0v) is 33.4. The van der Waals surface area contributed by atoms with Crippen molar-refractivity contribution >= 4 is 54.5 Å². The van der Waals surface area contributed by atoms with Gasteiger partial charge in [-0.3, -0.25) is 9.59 Å². The summed E-state index contributed by atoms with van der Waals surface area (Å²) in [5.74, 6) is 13.7. The Bertz CT molecular complexity index is 2490. The lowest BCUT2D eigenvalue weighted by Gasteiger charge is -2.24. The molecule has 0 fully saturated rings. The molecule has 7 aromatic rings.